The number of hydrogen-bond donors (Lipinski definition) is 1. The third kappa shape index (κ3) is 3.20. The Morgan fingerprint density at radius 2 is 2.33 bits per heavy atom. The number of nitrogens with zero attached hydrogens (tertiary/aromatic N) is 2. The second-order valence-electron chi connectivity index (χ2n) is 4.01. The van der Waals surface area contributed by atoms with Crippen molar-refractivity contribution in [2.24, 2.45) is 5.92 Å². The molecule has 3 nitrogen and oxygen atoms in total. The monoisotopic (exact) mass is 208 g/mol. The summed E-state index contributed by atoms with van der Waals surface area (Å²) in [5.74, 6) is 0.375. The van der Waals surface area contributed by atoms with Crippen LogP contribution >= 0.6 is 0 Å². The second-order valence-corrected chi connectivity index (χ2v) is 4.01. The zero-order valence-corrected chi connectivity index (χ0v) is 9.77. The lowest BCUT2D eigenvalue weighted by atomic mass is 10.0. The van der Waals surface area contributed by atoms with Gasteiger partial charge in [-0.05, 0) is 30.1 Å². The van der Waals surface area contributed by atoms with Crippen molar-refractivity contribution < 1.29 is 5.11 Å². The van der Waals surface area contributed by atoms with Crippen LogP contribution in [0.4, 0.5) is 0 Å². The molecule has 0 amide bonds. The first-order valence-corrected chi connectivity index (χ1v) is 5.52. The van der Waals surface area contributed by atoms with E-state index < -0.39 is 0 Å². The number of rotatable bonds is 5. The van der Waals surface area contributed by atoms with Crippen LogP contribution in [-0.2, 0) is 6.54 Å². The molecule has 0 radical (unpaired) electrons. The summed E-state index contributed by atoms with van der Waals surface area (Å²) >= 11 is 0. The maximum atomic E-state index is 9.22. The highest BCUT2D eigenvalue weighted by molar-refractivity contribution is 5.49. The van der Waals surface area contributed by atoms with E-state index >= 15 is 0 Å². The van der Waals surface area contributed by atoms with Crippen LogP contribution in [0.3, 0.4) is 0 Å². The van der Waals surface area contributed by atoms with Gasteiger partial charge in [0.15, 0.2) is 0 Å². The van der Waals surface area contributed by atoms with E-state index in [0.717, 1.165) is 24.2 Å². The van der Waals surface area contributed by atoms with Crippen LogP contribution in [0.2, 0.25) is 0 Å². The average Bonchev–Trinajstić information content (AvgIpc) is 2.62. The third-order valence-corrected chi connectivity index (χ3v) is 2.44. The molecular formula is C12H20N2O. The Kier molecular flexibility index (Phi) is 4.56. The second kappa shape index (κ2) is 5.71. The first-order valence-electron chi connectivity index (χ1n) is 5.52. The standard InChI is InChI=1S/C12H20N2O/c1-4-7-14-12(5-6-13-14)8-11(9-15)10(2)3/h5-6,8,10,15H,4,7,9H2,1-3H3/b11-8-. The molecule has 1 aromatic heterocycles. The van der Waals surface area contributed by atoms with E-state index in [1.807, 2.05) is 16.8 Å². The van der Waals surface area contributed by atoms with E-state index in [1.165, 1.54) is 0 Å². The molecule has 0 atom stereocenters. The van der Waals surface area contributed by atoms with Crippen LogP contribution in [0.5, 0.6) is 0 Å². The molecular weight excluding hydrogens is 188 g/mol. The van der Waals surface area contributed by atoms with E-state index in [-0.39, 0.29) is 6.61 Å². The molecule has 0 aliphatic heterocycles. The van der Waals surface area contributed by atoms with E-state index in [1.54, 1.807) is 6.20 Å². The predicted molar refractivity (Wildman–Crippen MR) is 62.4 cm³/mol. The van der Waals surface area contributed by atoms with Gasteiger partial charge in [0.2, 0.25) is 0 Å². The highest BCUT2D eigenvalue weighted by atomic mass is 16.3. The first-order chi connectivity index (χ1) is 7.19. The Hall–Kier alpha value is -1.09. The summed E-state index contributed by atoms with van der Waals surface area (Å²) in [6.45, 7) is 7.35. The van der Waals surface area contributed by atoms with Crippen molar-refractivity contribution in [2.75, 3.05) is 6.61 Å². The molecule has 0 saturated carbocycles. The van der Waals surface area contributed by atoms with Gasteiger partial charge in [0, 0.05) is 12.7 Å². The maximum Gasteiger partial charge on any atom is 0.0648 e. The van der Waals surface area contributed by atoms with Crippen LogP contribution in [0.15, 0.2) is 17.8 Å². The molecule has 15 heavy (non-hydrogen) atoms. The average molecular weight is 208 g/mol. The number of hydrogen-bond acceptors (Lipinski definition) is 2. The van der Waals surface area contributed by atoms with Crippen molar-refractivity contribution in [2.45, 2.75) is 33.7 Å². The van der Waals surface area contributed by atoms with Crippen molar-refractivity contribution in [3.63, 3.8) is 0 Å². The van der Waals surface area contributed by atoms with Gasteiger partial charge in [-0.2, -0.15) is 5.10 Å². The van der Waals surface area contributed by atoms with E-state index in [4.69, 9.17) is 0 Å². The molecule has 0 bridgehead atoms. The molecule has 0 aliphatic rings. The van der Waals surface area contributed by atoms with Crippen molar-refractivity contribution in [3.05, 3.63) is 23.5 Å². The quantitative estimate of drug-likeness (QED) is 0.806. The normalized spacial score (nSPS) is 12.5. The lowest BCUT2D eigenvalue weighted by Crippen LogP contribution is -2.04. The van der Waals surface area contributed by atoms with Crippen molar-refractivity contribution in [1.29, 1.82) is 0 Å². The lowest BCUT2D eigenvalue weighted by molar-refractivity contribution is 0.320. The molecule has 3 heteroatoms. The smallest absolute Gasteiger partial charge is 0.0648 e. The zero-order chi connectivity index (χ0) is 11.3. The summed E-state index contributed by atoms with van der Waals surface area (Å²) < 4.78 is 1.97. The Labute approximate surface area is 91.4 Å². The van der Waals surface area contributed by atoms with E-state index in [0.29, 0.717) is 5.92 Å². The largest absolute Gasteiger partial charge is 0.392 e. The fourth-order valence-corrected chi connectivity index (χ4v) is 1.45. The number of aliphatic hydroxyl groups excluding tert-OH is 1. The van der Waals surface area contributed by atoms with Crippen molar-refractivity contribution in [3.8, 4) is 0 Å². The van der Waals surface area contributed by atoms with Gasteiger partial charge in [0.1, 0.15) is 0 Å². The highest BCUT2D eigenvalue weighted by Gasteiger charge is 2.04. The van der Waals surface area contributed by atoms with Gasteiger partial charge in [-0.1, -0.05) is 20.8 Å². The predicted octanol–water partition coefficient (Wildman–Crippen LogP) is 2.32. The topological polar surface area (TPSA) is 38.0 Å². The molecule has 0 unspecified atom stereocenters. The third-order valence-electron chi connectivity index (χ3n) is 2.44. The number of aryl methyl sites for hydroxylation is 1. The van der Waals surface area contributed by atoms with Gasteiger partial charge in [-0.25, -0.2) is 0 Å². The maximum absolute atomic E-state index is 9.22. The summed E-state index contributed by atoms with van der Waals surface area (Å²) in [7, 11) is 0. The minimum Gasteiger partial charge on any atom is -0.392 e. The first kappa shape index (κ1) is 12.0. The summed E-state index contributed by atoms with van der Waals surface area (Å²) in [4.78, 5) is 0. The van der Waals surface area contributed by atoms with Crippen LogP contribution in [0.25, 0.3) is 6.08 Å². The number of aliphatic hydroxyl groups is 1. The Bertz CT molecular complexity index is 326. The Morgan fingerprint density at radius 3 is 2.87 bits per heavy atom. The summed E-state index contributed by atoms with van der Waals surface area (Å²) in [6.07, 6.45) is 4.91. The van der Waals surface area contributed by atoms with E-state index in [9.17, 15) is 5.11 Å². The molecule has 1 rings (SSSR count). The molecule has 1 heterocycles. The zero-order valence-electron chi connectivity index (χ0n) is 9.77. The SMILES string of the molecule is CCCn1nccc1/C=C(/CO)C(C)C. The lowest BCUT2D eigenvalue weighted by Gasteiger charge is -2.09. The van der Waals surface area contributed by atoms with Gasteiger partial charge in [-0.15, -0.1) is 0 Å². The molecule has 0 fully saturated rings. The van der Waals surface area contributed by atoms with Gasteiger partial charge in [-0.3, -0.25) is 4.68 Å². The Morgan fingerprint density at radius 1 is 1.60 bits per heavy atom. The Balaban J connectivity index is 2.90. The van der Waals surface area contributed by atoms with Gasteiger partial charge in [0.05, 0.1) is 12.3 Å². The summed E-state index contributed by atoms with van der Waals surface area (Å²) in [5.41, 5.74) is 2.13. The molecule has 0 spiro atoms. The minimum absolute atomic E-state index is 0.120. The molecule has 84 valence electrons. The van der Waals surface area contributed by atoms with Crippen LogP contribution < -0.4 is 0 Å². The molecule has 1 N–H and O–H groups in total. The van der Waals surface area contributed by atoms with E-state index in [2.05, 4.69) is 25.9 Å². The number of aromatic nitrogens is 2. The molecule has 1 aromatic rings. The van der Waals surface area contributed by atoms with Gasteiger partial charge >= 0.3 is 0 Å². The fourth-order valence-electron chi connectivity index (χ4n) is 1.45. The molecule has 0 saturated heterocycles. The van der Waals surface area contributed by atoms with Crippen molar-refractivity contribution in [1.82, 2.24) is 9.78 Å². The summed E-state index contributed by atoms with van der Waals surface area (Å²) in [5, 5.41) is 13.5. The molecule has 0 aliphatic carbocycles. The fraction of sp³-hybridized carbons (Fsp3) is 0.583. The minimum atomic E-state index is 0.120. The van der Waals surface area contributed by atoms with Crippen LogP contribution in [-0.4, -0.2) is 21.5 Å². The van der Waals surface area contributed by atoms with Crippen LogP contribution in [0.1, 0.15) is 32.9 Å². The van der Waals surface area contributed by atoms with Crippen LogP contribution in [0, 0.1) is 5.92 Å². The van der Waals surface area contributed by atoms with Crippen molar-refractivity contribution >= 4 is 6.08 Å². The molecule has 0 aromatic carbocycles. The van der Waals surface area contributed by atoms with Gasteiger partial charge < -0.3 is 5.11 Å². The van der Waals surface area contributed by atoms with Gasteiger partial charge in [0.25, 0.3) is 0 Å². The summed E-state index contributed by atoms with van der Waals surface area (Å²) in [6, 6.07) is 1.98. The highest BCUT2D eigenvalue weighted by Crippen LogP contribution is 2.14.